The Morgan fingerprint density at radius 3 is 0.976 bits per heavy atom. The van der Waals surface area contributed by atoms with Crippen molar-refractivity contribution in [2.45, 2.75) is 83.1 Å². The minimum atomic E-state index is -4.19. The number of hydrogen-bond donors (Lipinski definition) is 1. The second-order valence-corrected chi connectivity index (χ2v) is 29.2. The van der Waals surface area contributed by atoms with Crippen LogP contribution in [0.25, 0.3) is 0 Å². The van der Waals surface area contributed by atoms with E-state index in [0.29, 0.717) is 22.0 Å². The predicted octanol–water partition coefficient (Wildman–Crippen LogP) is 19.6. The average Bonchev–Trinajstić information content (AvgIpc) is 2.15. The van der Waals surface area contributed by atoms with E-state index in [9.17, 15) is 5.21 Å². The van der Waals surface area contributed by atoms with Crippen LogP contribution in [0.2, 0.25) is 0 Å². The first kappa shape index (κ1) is 56.3. The number of fused-ring (bicyclic) bond motifs is 2. The van der Waals surface area contributed by atoms with Crippen LogP contribution in [0.15, 0.2) is 200 Å². The van der Waals surface area contributed by atoms with Gasteiger partial charge in [0.05, 0.1) is 50.4 Å². The molecule has 0 amide bonds. The zero-order valence-electron chi connectivity index (χ0n) is 49.9. The number of aryl methyl sites for hydroxylation is 12. The quantitative estimate of drug-likeness (QED) is 0.0951. The molecule has 2 aliphatic rings. The summed E-state index contributed by atoms with van der Waals surface area (Å²) in [5.41, 5.74) is 21.8. The van der Waals surface area contributed by atoms with Gasteiger partial charge in [0.2, 0.25) is 0 Å². The molecule has 2 aliphatic heterocycles. The Kier molecular flexibility index (Phi) is 14.6. The minimum Gasteiger partial charge on any atom is -0.316 e. The second kappa shape index (κ2) is 21.8. The van der Waals surface area contributed by atoms with Crippen LogP contribution in [0.3, 0.4) is 0 Å². The van der Waals surface area contributed by atoms with Crippen LogP contribution in [0.1, 0.15) is 66.8 Å². The van der Waals surface area contributed by atoms with E-state index in [0.717, 1.165) is 129 Å². The van der Waals surface area contributed by atoms with Gasteiger partial charge in [-0.05, 0) is 283 Å². The summed E-state index contributed by atoms with van der Waals surface area (Å²) in [6.45, 7) is 25.0. The van der Waals surface area contributed by atoms with E-state index in [1.54, 1.807) is 0 Å². The van der Waals surface area contributed by atoms with E-state index in [-0.39, 0.29) is 8.73 Å². The lowest BCUT2D eigenvalue weighted by Gasteiger charge is -2.37. The van der Waals surface area contributed by atoms with Gasteiger partial charge in [-0.15, -0.1) is 0 Å². The van der Waals surface area contributed by atoms with Gasteiger partial charge in [-0.2, -0.15) is 0 Å². The lowest BCUT2D eigenvalue weighted by Crippen LogP contribution is -2.34. The summed E-state index contributed by atoms with van der Waals surface area (Å²) in [5.74, 6) is 0. The summed E-state index contributed by atoms with van der Waals surface area (Å²) in [4.78, 5) is 0. The van der Waals surface area contributed by atoms with E-state index < -0.39 is 14.9 Å². The molecule has 0 aromatic heterocycles. The fourth-order valence-corrected chi connectivity index (χ4v) is 19.6. The highest BCUT2D eigenvalue weighted by atomic mass is 31.2. The van der Waals surface area contributed by atoms with E-state index in [4.69, 9.17) is 0 Å². The fourth-order valence-electron chi connectivity index (χ4n) is 11.9. The van der Waals surface area contributed by atoms with Crippen LogP contribution in [-0.2, 0) is 9.13 Å². The van der Waals surface area contributed by atoms with Crippen molar-refractivity contribution < 1.29 is 14.3 Å². The molecule has 0 fully saturated rings. The molecule has 2 heterocycles. The third-order valence-electron chi connectivity index (χ3n) is 16.5. The van der Waals surface area contributed by atoms with Gasteiger partial charge < -0.3 is 4.67 Å². The van der Waals surface area contributed by atoms with Gasteiger partial charge in [0.1, 0.15) is 0 Å². The van der Waals surface area contributed by atoms with Crippen molar-refractivity contribution in [3.63, 3.8) is 0 Å². The largest absolute Gasteiger partial charge is 0.316 e. The van der Waals surface area contributed by atoms with Crippen molar-refractivity contribution >= 4 is 108 Å². The highest BCUT2D eigenvalue weighted by Gasteiger charge is 2.53. The van der Waals surface area contributed by atoms with Gasteiger partial charge in [0, 0.05) is 37.2 Å². The molecule has 1 N–H and O–H groups in total. The van der Waals surface area contributed by atoms with Gasteiger partial charge in [0.15, 0.2) is 0 Å². The second-order valence-electron chi connectivity index (χ2n) is 23.1. The topological polar surface area (TPSA) is 73.8 Å². The number of nitrogens with zero attached hydrogens (tertiary/aromatic N) is 6. The molecule has 422 valence electrons. The molecule has 0 radical (unpaired) electrons. The molecular weight excluding hydrogens is 1090 g/mol. The van der Waals surface area contributed by atoms with Crippen LogP contribution < -0.4 is 44.3 Å². The molecule has 0 saturated carbocycles. The summed E-state index contributed by atoms with van der Waals surface area (Å²) in [6, 6.07) is 68.6. The van der Waals surface area contributed by atoms with Crippen molar-refractivity contribution in [1.29, 1.82) is 0 Å². The lowest BCUT2D eigenvalue weighted by molar-refractivity contribution is 0.301. The van der Waals surface area contributed by atoms with Gasteiger partial charge in [-0.1, -0.05) is 72.8 Å². The standard InChI is InChI=1S/C72H71N6O3P3/c1-46-19-13-25-58(31-46)73(79)67-37-52(7)53(8)38-68(67)74(59-26-14-20-47(2)32-59)82-64-43-65(83(80)75(60-27-15-21-48(3)33-60)69-39-54(9)55(10)40-70(69)76(83)61-28-16-22-49(4)34-61)45-66(44-64)84(81)77(62-29-17-23-50(5)35-62)71-41-56(11)57(12)42-72(71)78(84)63-30-18-24-51(6)36-63/h13-45,79,82H,1-12H3. The average molecular weight is 1160 g/mol. The van der Waals surface area contributed by atoms with Crippen LogP contribution in [0.4, 0.5) is 68.2 Å². The van der Waals surface area contributed by atoms with E-state index in [1.165, 1.54) is 5.06 Å². The Balaban J connectivity index is 1.21. The zero-order chi connectivity index (χ0) is 59.1. The maximum Gasteiger partial charge on any atom is 0.301 e. The Morgan fingerprint density at radius 1 is 0.333 bits per heavy atom. The van der Waals surface area contributed by atoms with Crippen molar-refractivity contribution in [3.8, 4) is 0 Å². The number of benzene rings is 10. The Hall–Kier alpha value is -8.15. The monoisotopic (exact) mass is 1160 g/mol. The van der Waals surface area contributed by atoms with Crippen LogP contribution in [0, 0.1) is 83.1 Å². The summed E-state index contributed by atoms with van der Waals surface area (Å²) < 4.78 is 47.5. The van der Waals surface area contributed by atoms with E-state index >= 15 is 9.13 Å². The normalized spacial score (nSPS) is 14.2. The molecule has 10 aromatic rings. The minimum absolute atomic E-state index is 0.202. The third kappa shape index (κ3) is 9.81. The molecule has 0 spiro atoms. The van der Waals surface area contributed by atoms with Crippen LogP contribution >= 0.6 is 23.6 Å². The predicted molar refractivity (Wildman–Crippen MR) is 358 cm³/mol. The Morgan fingerprint density at radius 2 is 0.631 bits per heavy atom. The maximum absolute atomic E-state index is 18.5. The molecule has 84 heavy (non-hydrogen) atoms. The summed E-state index contributed by atoms with van der Waals surface area (Å²) in [7, 11) is -8.59. The fraction of sp³-hybridized carbons (Fsp3) is 0.167. The first-order valence-electron chi connectivity index (χ1n) is 28.6. The molecule has 0 saturated heterocycles. The lowest BCUT2D eigenvalue weighted by atomic mass is 10.1. The van der Waals surface area contributed by atoms with Crippen LogP contribution in [0.5, 0.6) is 0 Å². The molecule has 0 bridgehead atoms. The van der Waals surface area contributed by atoms with Crippen molar-refractivity contribution in [1.82, 2.24) is 0 Å². The molecule has 1 atom stereocenters. The first-order chi connectivity index (χ1) is 40.2. The van der Waals surface area contributed by atoms with Gasteiger partial charge in [-0.3, -0.25) is 33.0 Å². The maximum atomic E-state index is 18.5. The first-order valence-corrected chi connectivity index (χ1v) is 32.8. The molecule has 9 nitrogen and oxygen atoms in total. The molecule has 10 aromatic carbocycles. The number of hydrogen-bond acceptors (Lipinski definition) is 5. The smallest absolute Gasteiger partial charge is 0.301 e. The molecule has 12 rings (SSSR count). The number of rotatable bonds is 12. The third-order valence-corrected chi connectivity index (χ3v) is 23.6. The molecule has 12 heteroatoms. The van der Waals surface area contributed by atoms with Gasteiger partial charge >= 0.3 is 14.9 Å². The van der Waals surface area contributed by atoms with Gasteiger partial charge in [0.25, 0.3) is 0 Å². The van der Waals surface area contributed by atoms with Crippen molar-refractivity contribution in [2.75, 3.05) is 28.4 Å². The van der Waals surface area contributed by atoms with Crippen LogP contribution in [-0.4, -0.2) is 5.21 Å². The van der Waals surface area contributed by atoms with E-state index in [2.05, 4.69) is 245 Å². The number of anilines is 12. The SMILES string of the molecule is Cc1cccc(N(O)c2cc(C)c(C)cc2N(Pc2cc(P3(=O)N(c4cccc(C)c4)c4cc(C)c(C)cc4N3c3cccc(C)c3)cc(P3(=O)N(c4cccc(C)c4)c4cc(C)c(C)cc4N3c3cccc(C)c3)c2)c2cccc(C)c2)c1. The summed E-state index contributed by atoms with van der Waals surface area (Å²) in [5, 5.41) is 15.7. The van der Waals surface area contributed by atoms with Crippen molar-refractivity contribution in [3.05, 3.63) is 267 Å². The summed E-state index contributed by atoms with van der Waals surface area (Å²) >= 11 is 0. The highest BCUT2D eigenvalue weighted by Crippen LogP contribution is 2.73. The van der Waals surface area contributed by atoms with Crippen molar-refractivity contribution in [2.24, 2.45) is 0 Å². The molecule has 0 aliphatic carbocycles. The Bertz CT molecular complexity index is 4030. The molecular formula is C72H71N6O3P3. The Labute approximate surface area is 497 Å². The summed E-state index contributed by atoms with van der Waals surface area (Å²) in [6.07, 6.45) is 0. The van der Waals surface area contributed by atoms with E-state index in [1.807, 2.05) is 61.5 Å². The van der Waals surface area contributed by atoms with Gasteiger partial charge in [-0.25, -0.2) is 5.06 Å². The zero-order valence-corrected chi connectivity index (χ0v) is 52.7. The molecule has 1 unspecified atom stereocenters. The highest BCUT2D eigenvalue weighted by molar-refractivity contribution is 7.77.